The third kappa shape index (κ3) is 5.95. The van der Waals surface area contributed by atoms with E-state index in [1.165, 1.54) is 15.9 Å². The van der Waals surface area contributed by atoms with Crippen LogP contribution >= 0.6 is 22.9 Å². The molecule has 0 aliphatic carbocycles. The number of benzene rings is 2. The molecule has 5 rings (SSSR count). The van der Waals surface area contributed by atoms with Gasteiger partial charge in [-0.1, -0.05) is 22.9 Å². The maximum Gasteiger partial charge on any atom is 0.338 e. The minimum atomic E-state index is -0.435. The van der Waals surface area contributed by atoms with Crippen molar-refractivity contribution in [3.05, 3.63) is 98.0 Å². The van der Waals surface area contributed by atoms with E-state index in [1.54, 1.807) is 80.0 Å². The Labute approximate surface area is 230 Å². The van der Waals surface area contributed by atoms with Crippen LogP contribution in [0.3, 0.4) is 0 Å². The number of amides is 1. The number of carbonyl (C=O) groups is 2. The van der Waals surface area contributed by atoms with Crippen molar-refractivity contribution in [1.82, 2.24) is 19.6 Å². The van der Waals surface area contributed by atoms with Crippen LogP contribution in [0.25, 0.3) is 22.4 Å². The normalized spacial score (nSPS) is 11.5. The van der Waals surface area contributed by atoms with E-state index in [0.717, 1.165) is 5.56 Å². The molecule has 3 aromatic heterocycles. The van der Waals surface area contributed by atoms with E-state index in [4.69, 9.17) is 21.1 Å². The number of esters is 1. The summed E-state index contributed by atoms with van der Waals surface area (Å²) in [5, 5.41) is 7.47. The van der Waals surface area contributed by atoms with Gasteiger partial charge >= 0.3 is 5.97 Å². The summed E-state index contributed by atoms with van der Waals surface area (Å²) >= 11 is 7.37. The molecule has 0 aliphatic heterocycles. The topological polar surface area (TPSA) is 125 Å². The third-order valence-electron chi connectivity index (χ3n) is 5.42. The predicted octanol–water partition coefficient (Wildman–Crippen LogP) is 3.61. The Morgan fingerprint density at radius 1 is 1.10 bits per heavy atom. The standard InChI is InChI=1S/C27H20ClN5O5S/c1-2-37-26(36)17-3-6-20(7-4-17)30-23(34)15-38-21-8-5-19(28)13-18(21)14-22-25(35)33-27(39-22)31-24(32-33)16-9-11-29-12-10-16/h3-14H,2,15H2,1H3,(H,30,34)/b22-14-. The van der Waals surface area contributed by atoms with Crippen LogP contribution in [0.2, 0.25) is 5.02 Å². The Balaban J connectivity index is 1.32. The van der Waals surface area contributed by atoms with Crippen molar-refractivity contribution in [2.24, 2.45) is 0 Å². The number of rotatable bonds is 8. The molecule has 0 saturated carbocycles. The average Bonchev–Trinajstić information content (AvgIpc) is 3.48. The Hall–Kier alpha value is -4.61. The smallest absolute Gasteiger partial charge is 0.338 e. The first kappa shape index (κ1) is 26.0. The summed E-state index contributed by atoms with van der Waals surface area (Å²) in [5.74, 6) is -0.0501. The molecule has 1 N–H and O–H groups in total. The average molecular weight is 562 g/mol. The summed E-state index contributed by atoms with van der Waals surface area (Å²) in [4.78, 5) is 46.2. The van der Waals surface area contributed by atoms with Gasteiger partial charge in [0.2, 0.25) is 4.96 Å². The summed E-state index contributed by atoms with van der Waals surface area (Å²) in [6.45, 7) is 1.71. The van der Waals surface area contributed by atoms with E-state index >= 15 is 0 Å². The number of carbonyl (C=O) groups excluding carboxylic acids is 2. The molecule has 12 heteroatoms. The van der Waals surface area contributed by atoms with Crippen LogP contribution in [0.1, 0.15) is 22.8 Å². The fourth-order valence-corrected chi connectivity index (χ4v) is 4.69. The zero-order chi connectivity index (χ0) is 27.4. The summed E-state index contributed by atoms with van der Waals surface area (Å²) in [5.41, 5.74) is 1.82. The van der Waals surface area contributed by atoms with Crippen molar-refractivity contribution in [2.75, 3.05) is 18.5 Å². The zero-order valence-electron chi connectivity index (χ0n) is 20.5. The minimum absolute atomic E-state index is 0.277. The van der Waals surface area contributed by atoms with E-state index in [-0.39, 0.29) is 18.8 Å². The Kier molecular flexibility index (Phi) is 7.62. The number of hydrogen-bond acceptors (Lipinski definition) is 9. The molecule has 0 fully saturated rings. The van der Waals surface area contributed by atoms with Gasteiger partial charge in [0.05, 0.1) is 16.7 Å². The lowest BCUT2D eigenvalue weighted by molar-refractivity contribution is -0.118. The van der Waals surface area contributed by atoms with Gasteiger partial charge in [-0.2, -0.15) is 9.50 Å². The van der Waals surface area contributed by atoms with Gasteiger partial charge in [0, 0.05) is 34.2 Å². The number of nitrogens with one attached hydrogen (secondary N) is 1. The van der Waals surface area contributed by atoms with Crippen molar-refractivity contribution in [3.8, 4) is 17.1 Å². The summed E-state index contributed by atoms with van der Waals surface area (Å²) in [6, 6.07) is 14.7. The molecule has 0 aliphatic rings. The van der Waals surface area contributed by atoms with E-state index in [1.807, 2.05) is 0 Å². The molecule has 1 amide bonds. The predicted molar refractivity (Wildman–Crippen MR) is 147 cm³/mol. The monoisotopic (exact) mass is 561 g/mol. The maximum atomic E-state index is 13.0. The molecule has 0 atom stereocenters. The van der Waals surface area contributed by atoms with Crippen LogP contribution in [0.4, 0.5) is 5.69 Å². The lowest BCUT2D eigenvalue weighted by Crippen LogP contribution is -2.24. The lowest BCUT2D eigenvalue weighted by atomic mass is 10.2. The number of aromatic nitrogens is 4. The number of pyridine rings is 1. The number of halogens is 1. The largest absolute Gasteiger partial charge is 0.483 e. The molecular weight excluding hydrogens is 542 g/mol. The highest BCUT2D eigenvalue weighted by Gasteiger charge is 2.14. The molecule has 10 nitrogen and oxygen atoms in total. The minimum Gasteiger partial charge on any atom is -0.483 e. The molecule has 0 radical (unpaired) electrons. The van der Waals surface area contributed by atoms with E-state index in [0.29, 0.717) is 42.9 Å². The van der Waals surface area contributed by atoms with Crippen molar-refractivity contribution in [1.29, 1.82) is 0 Å². The first-order chi connectivity index (χ1) is 18.9. The molecule has 196 valence electrons. The van der Waals surface area contributed by atoms with Gasteiger partial charge in [0.25, 0.3) is 11.5 Å². The van der Waals surface area contributed by atoms with Gasteiger partial charge in [-0.15, -0.1) is 5.10 Å². The number of nitrogens with zero attached hydrogens (tertiary/aromatic N) is 4. The van der Waals surface area contributed by atoms with E-state index < -0.39 is 11.9 Å². The summed E-state index contributed by atoms with van der Waals surface area (Å²) in [7, 11) is 0. The molecule has 5 aromatic rings. The second kappa shape index (κ2) is 11.4. The van der Waals surface area contributed by atoms with Crippen molar-refractivity contribution >= 4 is 51.5 Å². The molecule has 39 heavy (non-hydrogen) atoms. The van der Waals surface area contributed by atoms with Crippen molar-refractivity contribution in [3.63, 3.8) is 0 Å². The van der Waals surface area contributed by atoms with E-state index in [9.17, 15) is 14.4 Å². The van der Waals surface area contributed by atoms with Crippen molar-refractivity contribution in [2.45, 2.75) is 6.92 Å². The Bertz CT molecular complexity index is 1770. The highest BCUT2D eigenvalue weighted by molar-refractivity contribution is 7.15. The summed E-state index contributed by atoms with van der Waals surface area (Å²) < 4.78 is 12.3. The van der Waals surface area contributed by atoms with Gasteiger partial charge in [0.15, 0.2) is 12.4 Å². The van der Waals surface area contributed by atoms with Crippen LogP contribution in [-0.4, -0.2) is 44.7 Å². The fraction of sp³-hybridized carbons (Fsp3) is 0.111. The molecule has 3 heterocycles. The number of anilines is 1. The first-order valence-electron chi connectivity index (χ1n) is 11.7. The molecule has 0 unspecified atom stereocenters. The van der Waals surface area contributed by atoms with E-state index in [2.05, 4.69) is 20.4 Å². The van der Waals surface area contributed by atoms with Gasteiger partial charge < -0.3 is 14.8 Å². The number of thiazole rings is 1. The van der Waals surface area contributed by atoms with Gasteiger partial charge in [-0.05, 0) is 67.6 Å². The fourth-order valence-electron chi connectivity index (χ4n) is 3.61. The first-order valence-corrected chi connectivity index (χ1v) is 12.9. The molecule has 2 aromatic carbocycles. The second-order valence-corrected chi connectivity index (χ2v) is 9.54. The van der Waals surface area contributed by atoms with Gasteiger partial charge in [0.1, 0.15) is 5.75 Å². The third-order valence-corrected chi connectivity index (χ3v) is 6.61. The lowest BCUT2D eigenvalue weighted by Gasteiger charge is -2.10. The molecule has 0 bridgehead atoms. The summed E-state index contributed by atoms with van der Waals surface area (Å²) in [6.07, 6.45) is 4.89. The van der Waals surface area contributed by atoms with Crippen LogP contribution in [0.15, 0.2) is 71.8 Å². The van der Waals surface area contributed by atoms with Crippen LogP contribution in [0, 0.1) is 0 Å². The second-order valence-electron chi connectivity index (χ2n) is 8.10. The Morgan fingerprint density at radius 3 is 2.59 bits per heavy atom. The highest BCUT2D eigenvalue weighted by Crippen LogP contribution is 2.24. The number of hydrogen-bond donors (Lipinski definition) is 1. The highest BCUT2D eigenvalue weighted by atomic mass is 35.5. The molecular formula is C27H20ClN5O5S. The van der Waals surface area contributed by atoms with Gasteiger partial charge in [-0.25, -0.2) is 4.79 Å². The van der Waals surface area contributed by atoms with Crippen LogP contribution < -0.4 is 20.1 Å². The number of ether oxygens (including phenoxy) is 2. The van der Waals surface area contributed by atoms with Crippen molar-refractivity contribution < 1.29 is 19.1 Å². The quantitative estimate of drug-likeness (QED) is 0.285. The molecule has 0 saturated heterocycles. The maximum absolute atomic E-state index is 13.0. The zero-order valence-corrected chi connectivity index (χ0v) is 22.0. The SMILES string of the molecule is CCOC(=O)c1ccc(NC(=O)COc2ccc(Cl)cc2/C=c2\sc3nc(-c4ccncc4)nn3c2=O)cc1. The van der Waals surface area contributed by atoms with Crippen LogP contribution in [0.5, 0.6) is 5.75 Å². The van der Waals surface area contributed by atoms with Gasteiger partial charge in [-0.3, -0.25) is 14.6 Å². The molecule has 0 spiro atoms. The Morgan fingerprint density at radius 2 is 1.87 bits per heavy atom. The number of fused-ring (bicyclic) bond motifs is 1. The van der Waals surface area contributed by atoms with Crippen LogP contribution in [-0.2, 0) is 9.53 Å².